The standard InChI is InChI=1S/C19H32N4O3/c1-4-23(14(2)26-3)18(24)15-7-9-16(10-8-15)21-17(13-20)19(25)22-11-5-6-12-22/h14-17,21H,4-12H2,1-3H3/t14-,15?,16?,17-/m0/s1. The van der Waals surface area contributed by atoms with E-state index in [9.17, 15) is 14.9 Å². The van der Waals surface area contributed by atoms with E-state index < -0.39 is 6.04 Å². The minimum Gasteiger partial charge on any atom is -0.362 e. The molecule has 0 bridgehead atoms. The topological polar surface area (TPSA) is 85.7 Å². The van der Waals surface area contributed by atoms with E-state index in [0.29, 0.717) is 6.54 Å². The zero-order valence-corrected chi connectivity index (χ0v) is 16.2. The predicted octanol–water partition coefficient (Wildman–Crippen LogP) is 1.49. The summed E-state index contributed by atoms with van der Waals surface area (Å²) in [6.45, 7) is 5.99. The van der Waals surface area contributed by atoms with E-state index in [1.165, 1.54) is 0 Å². The molecule has 0 unspecified atom stereocenters. The molecule has 1 saturated carbocycles. The van der Waals surface area contributed by atoms with Crippen molar-refractivity contribution < 1.29 is 14.3 Å². The molecule has 0 aromatic carbocycles. The summed E-state index contributed by atoms with van der Waals surface area (Å²) < 4.78 is 5.29. The molecule has 0 spiro atoms. The van der Waals surface area contributed by atoms with Crippen LogP contribution in [0.25, 0.3) is 0 Å². The van der Waals surface area contributed by atoms with Gasteiger partial charge in [0.25, 0.3) is 5.91 Å². The first-order valence-corrected chi connectivity index (χ1v) is 9.79. The zero-order chi connectivity index (χ0) is 19.1. The van der Waals surface area contributed by atoms with Gasteiger partial charge in [-0.15, -0.1) is 0 Å². The van der Waals surface area contributed by atoms with Crippen molar-refractivity contribution in [2.24, 2.45) is 5.92 Å². The lowest BCUT2D eigenvalue weighted by atomic mass is 9.84. The molecule has 2 amide bonds. The number of rotatable bonds is 7. The maximum absolute atomic E-state index is 12.7. The van der Waals surface area contributed by atoms with E-state index in [1.807, 2.05) is 13.8 Å². The van der Waals surface area contributed by atoms with Crippen LogP contribution in [-0.2, 0) is 14.3 Å². The Bertz CT molecular complexity index is 519. The van der Waals surface area contributed by atoms with Gasteiger partial charge in [-0.2, -0.15) is 5.26 Å². The van der Waals surface area contributed by atoms with Crippen molar-refractivity contribution in [3.8, 4) is 6.07 Å². The monoisotopic (exact) mass is 364 g/mol. The Morgan fingerprint density at radius 3 is 2.38 bits per heavy atom. The Morgan fingerprint density at radius 1 is 1.27 bits per heavy atom. The van der Waals surface area contributed by atoms with Gasteiger partial charge in [0.15, 0.2) is 6.04 Å². The van der Waals surface area contributed by atoms with Crippen molar-refractivity contribution in [2.75, 3.05) is 26.7 Å². The zero-order valence-electron chi connectivity index (χ0n) is 16.2. The van der Waals surface area contributed by atoms with Gasteiger partial charge in [-0.1, -0.05) is 0 Å². The van der Waals surface area contributed by atoms with E-state index in [4.69, 9.17) is 4.74 Å². The van der Waals surface area contributed by atoms with Crippen molar-refractivity contribution in [3.05, 3.63) is 0 Å². The number of amides is 2. The highest BCUT2D eigenvalue weighted by Crippen LogP contribution is 2.27. The first-order chi connectivity index (χ1) is 12.5. The van der Waals surface area contributed by atoms with Crippen LogP contribution in [0.15, 0.2) is 0 Å². The number of methoxy groups -OCH3 is 1. The lowest BCUT2D eigenvalue weighted by Gasteiger charge is -2.35. The van der Waals surface area contributed by atoms with Crippen LogP contribution in [0, 0.1) is 17.2 Å². The Kier molecular flexibility index (Phi) is 7.85. The number of hydrogen-bond donors (Lipinski definition) is 1. The number of nitrogens with one attached hydrogen (secondary N) is 1. The van der Waals surface area contributed by atoms with Gasteiger partial charge >= 0.3 is 0 Å². The molecule has 1 aliphatic heterocycles. The summed E-state index contributed by atoms with van der Waals surface area (Å²) in [6.07, 6.45) is 4.99. The van der Waals surface area contributed by atoms with Crippen molar-refractivity contribution in [1.29, 1.82) is 5.26 Å². The molecule has 7 heteroatoms. The van der Waals surface area contributed by atoms with Gasteiger partial charge in [0.2, 0.25) is 5.91 Å². The molecule has 2 atom stereocenters. The molecule has 7 nitrogen and oxygen atoms in total. The van der Waals surface area contributed by atoms with Gasteiger partial charge in [0.1, 0.15) is 6.23 Å². The van der Waals surface area contributed by atoms with Crippen molar-refractivity contribution >= 4 is 11.8 Å². The lowest BCUT2D eigenvalue weighted by molar-refractivity contribution is -0.147. The molecule has 1 heterocycles. The van der Waals surface area contributed by atoms with Gasteiger partial charge < -0.3 is 14.5 Å². The summed E-state index contributed by atoms with van der Waals surface area (Å²) in [5.41, 5.74) is 0. The second-order valence-corrected chi connectivity index (χ2v) is 7.27. The third-order valence-corrected chi connectivity index (χ3v) is 5.68. The minimum absolute atomic E-state index is 0.000388. The van der Waals surface area contributed by atoms with Crippen LogP contribution in [0.5, 0.6) is 0 Å². The van der Waals surface area contributed by atoms with Crippen LogP contribution in [0.4, 0.5) is 0 Å². The summed E-state index contributed by atoms with van der Waals surface area (Å²) in [6, 6.07) is 1.46. The molecule has 2 rings (SSSR count). The highest BCUT2D eigenvalue weighted by molar-refractivity contribution is 5.84. The molecule has 0 aromatic rings. The van der Waals surface area contributed by atoms with E-state index in [1.54, 1.807) is 16.9 Å². The molecule has 1 N–H and O–H groups in total. The van der Waals surface area contributed by atoms with E-state index in [0.717, 1.165) is 51.6 Å². The number of nitrogens with zero attached hydrogens (tertiary/aromatic N) is 3. The molecular formula is C19H32N4O3. The number of nitriles is 1. The predicted molar refractivity (Wildman–Crippen MR) is 98.0 cm³/mol. The average Bonchev–Trinajstić information content (AvgIpc) is 3.21. The molecule has 146 valence electrons. The maximum atomic E-state index is 12.7. The van der Waals surface area contributed by atoms with Gasteiger partial charge in [-0.05, 0) is 52.4 Å². The fraction of sp³-hybridized carbons (Fsp3) is 0.842. The van der Waals surface area contributed by atoms with Crippen molar-refractivity contribution in [3.63, 3.8) is 0 Å². The van der Waals surface area contributed by atoms with Crippen molar-refractivity contribution in [2.45, 2.75) is 70.7 Å². The lowest BCUT2D eigenvalue weighted by Crippen LogP contribution is -2.50. The minimum atomic E-state index is -0.772. The van der Waals surface area contributed by atoms with Crippen LogP contribution >= 0.6 is 0 Å². The normalized spacial score (nSPS) is 25.4. The summed E-state index contributed by atoms with van der Waals surface area (Å²) >= 11 is 0. The molecule has 2 fully saturated rings. The average molecular weight is 364 g/mol. The van der Waals surface area contributed by atoms with Crippen LogP contribution < -0.4 is 5.32 Å². The van der Waals surface area contributed by atoms with Gasteiger partial charge in [0.05, 0.1) is 6.07 Å². The van der Waals surface area contributed by atoms with Gasteiger partial charge in [-0.25, -0.2) is 0 Å². The number of ether oxygens (including phenoxy) is 1. The van der Waals surface area contributed by atoms with E-state index in [2.05, 4.69) is 11.4 Å². The van der Waals surface area contributed by atoms with E-state index >= 15 is 0 Å². The highest BCUT2D eigenvalue weighted by Gasteiger charge is 2.33. The number of likely N-dealkylation sites (tertiary alicyclic amines) is 1. The number of carbonyl (C=O) groups is 2. The summed E-state index contributed by atoms with van der Waals surface area (Å²) in [7, 11) is 1.61. The first-order valence-electron chi connectivity index (χ1n) is 9.79. The molecule has 26 heavy (non-hydrogen) atoms. The third kappa shape index (κ3) is 4.95. The second kappa shape index (κ2) is 9.89. The maximum Gasteiger partial charge on any atom is 0.254 e. The highest BCUT2D eigenvalue weighted by atomic mass is 16.5. The van der Waals surface area contributed by atoms with Crippen LogP contribution in [-0.4, -0.2) is 66.7 Å². The van der Waals surface area contributed by atoms with Crippen LogP contribution in [0.1, 0.15) is 52.4 Å². The SMILES string of the molecule is CCN(C(=O)C1CCC(N[C@@H](C#N)C(=O)N2CCCC2)CC1)[C@H](C)OC. The van der Waals surface area contributed by atoms with Crippen molar-refractivity contribution in [1.82, 2.24) is 15.1 Å². The Morgan fingerprint density at radius 2 is 1.88 bits per heavy atom. The third-order valence-electron chi connectivity index (χ3n) is 5.68. The summed E-state index contributed by atoms with van der Waals surface area (Å²) in [5.74, 6) is 0.0416. The number of carbonyl (C=O) groups excluding carboxylic acids is 2. The summed E-state index contributed by atoms with van der Waals surface area (Å²) in [5, 5.41) is 12.6. The second-order valence-electron chi connectivity index (χ2n) is 7.27. The fourth-order valence-electron chi connectivity index (χ4n) is 3.98. The van der Waals surface area contributed by atoms with Gasteiger partial charge in [-0.3, -0.25) is 14.9 Å². The molecular weight excluding hydrogens is 332 g/mol. The molecule has 0 radical (unpaired) electrons. The van der Waals surface area contributed by atoms with E-state index in [-0.39, 0.29) is 30.0 Å². The molecule has 1 aliphatic carbocycles. The molecule has 1 saturated heterocycles. The molecule has 0 aromatic heterocycles. The Labute approximate surface area is 156 Å². The molecule has 2 aliphatic rings. The van der Waals surface area contributed by atoms with Gasteiger partial charge in [0, 0.05) is 38.7 Å². The largest absolute Gasteiger partial charge is 0.362 e. The first kappa shape index (κ1) is 20.7. The van der Waals surface area contributed by atoms with Crippen LogP contribution in [0.3, 0.4) is 0 Å². The smallest absolute Gasteiger partial charge is 0.254 e. The van der Waals surface area contributed by atoms with Crippen LogP contribution in [0.2, 0.25) is 0 Å². The fourth-order valence-corrected chi connectivity index (χ4v) is 3.98. The Balaban J connectivity index is 1.84. The Hall–Kier alpha value is -1.65. The quantitative estimate of drug-likeness (QED) is 0.692. The number of hydrogen-bond acceptors (Lipinski definition) is 5. The summed E-state index contributed by atoms with van der Waals surface area (Å²) in [4.78, 5) is 28.7.